The monoisotopic (exact) mass is 278 g/mol. The Kier molecular flexibility index (Phi) is 3.32. The van der Waals surface area contributed by atoms with E-state index in [1.807, 2.05) is 0 Å². The van der Waals surface area contributed by atoms with Gasteiger partial charge >= 0.3 is 12.4 Å². The summed E-state index contributed by atoms with van der Waals surface area (Å²) in [5.41, 5.74) is 2.24. The van der Waals surface area contributed by atoms with Crippen molar-refractivity contribution in [2.24, 2.45) is 5.73 Å². The zero-order chi connectivity index (χ0) is 13.4. The number of nitrogens with zero attached hydrogens (tertiary/aromatic N) is 3. The van der Waals surface area contributed by atoms with Crippen LogP contribution in [0.4, 0.5) is 26.3 Å². The molecular formula is C6H4F6N4S. The van der Waals surface area contributed by atoms with Crippen molar-refractivity contribution in [2.45, 2.75) is 18.9 Å². The molecule has 0 atom stereocenters. The predicted octanol–water partition coefficient (Wildman–Crippen LogP) is 1.49. The number of halogens is 6. The van der Waals surface area contributed by atoms with E-state index in [4.69, 9.17) is 5.73 Å². The number of thiocarbonyl (C=S) groups is 1. The number of aromatic nitrogens is 3. The van der Waals surface area contributed by atoms with E-state index in [1.54, 1.807) is 0 Å². The fraction of sp³-hybridized carbons (Fsp3) is 0.500. The molecule has 0 saturated carbocycles. The molecule has 4 nitrogen and oxygen atoms in total. The number of alkyl halides is 6. The van der Waals surface area contributed by atoms with Gasteiger partial charge in [0.1, 0.15) is 11.5 Å². The molecule has 11 heteroatoms. The van der Waals surface area contributed by atoms with E-state index >= 15 is 0 Å². The average Bonchev–Trinajstić information content (AvgIpc) is 2.43. The van der Waals surface area contributed by atoms with Crippen LogP contribution in [0.5, 0.6) is 0 Å². The molecular weight excluding hydrogens is 274 g/mol. The first-order valence-electron chi connectivity index (χ1n) is 3.89. The Balaban J connectivity index is 3.29. The van der Waals surface area contributed by atoms with Gasteiger partial charge in [-0.1, -0.05) is 17.4 Å². The van der Waals surface area contributed by atoms with Gasteiger partial charge in [0, 0.05) is 0 Å². The molecule has 1 heterocycles. The van der Waals surface area contributed by atoms with Crippen LogP contribution in [0.2, 0.25) is 0 Å². The summed E-state index contributed by atoms with van der Waals surface area (Å²) in [6.07, 6.45) is -9.94. The number of nitrogens with two attached hydrogens (primary N) is 1. The van der Waals surface area contributed by atoms with Crippen LogP contribution in [0.25, 0.3) is 0 Å². The van der Waals surface area contributed by atoms with Gasteiger partial charge in [-0.25, -0.2) is 4.68 Å². The van der Waals surface area contributed by atoms with Crippen molar-refractivity contribution >= 4 is 17.2 Å². The lowest BCUT2D eigenvalue weighted by Gasteiger charge is -2.12. The second kappa shape index (κ2) is 4.13. The summed E-state index contributed by atoms with van der Waals surface area (Å²) in [5, 5.41) is 5.64. The van der Waals surface area contributed by atoms with Crippen molar-refractivity contribution < 1.29 is 26.3 Å². The van der Waals surface area contributed by atoms with E-state index in [1.165, 1.54) is 0 Å². The van der Waals surface area contributed by atoms with Gasteiger partial charge in [-0.15, -0.1) is 5.10 Å². The minimum Gasteiger partial charge on any atom is -0.388 e. The third kappa shape index (κ3) is 3.28. The number of rotatable bonds is 2. The van der Waals surface area contributed by atoms with E-state index in [-0.39, 0.29) is 4.68 Å². The molecule has 1 aromatic rings. The lowest BCUT2D eigenvalue weighted by Crippen LogP contribution is -2.26. The molecule has 2 N–H and O–H groups in total. The Morgan fingerprint density at radius 2 is 1.76 bits per heavy atom. The van der Waals surface area contributed by atoms with Crippen LogP contribution in [0, 0.1) is 0 Å². The van der Waals surface area contributed by atoms with Crippen LogP contribution in [-0.4, -0.2) is 26.2 Å². The molecule has 0 aliphatic carbocycles. The van der Waals surface area contributed by atoms with Crippen molar-refractivity contribution in [3.8, 4) is 0 Å². The third-order valence-electron chi connectivity index (χ3n) is 1.57. The van der Waals surface area contributed by atoms with Gasteiger partial charge in [0.05, 0.1) is 0 Å². The molecule has 0 spiro atoms. The van der Waals surface area contributed by atoms with Crippen LogP contribution in [0.3, 0.4) is 0 Å². The molecule has 0 saturated heterocycles. The van der Waals surface area contributed by atoms with Crippen molar-refractivity contribution in [3.05, 3.63) is 11.4 Å². The molecule has 1 aromatic heterocycles. The Hall–Kier alpha value is -1.39. The molecule has 0 fully saturated rings. The summed E-state index contributed by atoms with van der Waals surface area (Å²) in [6, 6.07) is 0. The van der Waals surface area contributed by atoms with Gasteiger partial charge in [0.15, 0.2) is 11.4 Å². The van der Waals surface area contributed by atoms with E-state index in [0.29, 0.717) is 0 Å². The molecule has 0 unspecified atom stereocenters. The topological polar surface area (TPSA) is 56.7 Å². The summed E-state index contributed by atoms with van der Waals surface area (Å²) in [5.74, 6) is 0. The Morgan fingerprint density at radius 1 is 1.24 bits per heavy atom. The normalized spacial score (nSPS) is 12.8. The fourth-order valence-electron chi connectivity index (χ4n) is 1.04. The van der Waals surface area contributed by atoms with Gasteiger partial charge in [0.2, 0.25) is 0 Å². The van der Waals surface area contributed by atoms with E-state index in [2.05, 4.69) is 22.5 Å². The second-order valence-corrected chi connectivity index (χ2v) is 3.36. The quantitative estimate of drug-likeness (QED) is 0.658. The second-order valence-electron chi connectivity index (χ2n) is 2.92. The van der Waals surface area contributed by atoms with Gasteiger partial charge < -0.3 is 5.73 Å². The Bertz CT molecular complexity index is 433. The summed E-state index contributed by atoms with van der Waals surface area (Å²) >= 11 is 4.25. The first-order chi connectivity index (χ1) is 7.52. The molecule has 0 bridgehead atoms. The molecule has 0 aliphatic rings. The van der Waals surface area contributed by atoms with Crippen LogP contribution in [-0.2, 0) is 12.7 Å². The van der Waals surface area contributed by atoms with Crippen LogP contribution in [0.1, 0.15) is 11.4 Å². The minimum atomic E-state index is -5.08. The molecule has 0 aromatic carbocycles. The largest absolute Gasteiger partial charge is 0.435 e. The van der Waals surface area contributed by atoms with Crippen molar-refractivity contribution in [2.75, 3.05) is 0 Å². The minimum absolute atomic E-state index is 0.325. The smallest absolute Gasteiger partial charge is 0.388 e. The standard InChI is InChI=1S/C6H4F6N4S/c7-5(8,9)1-16-3(6(10,11)12)2(4(13)17)14-15-16/h1H2,(H2,13,17). The first-order valence-corrected chi connectivity index (χ1v) is 4.30. The highest BCUT2D eigenvalue weighted by atomic mass is 32.1. The Morgan fingerprint density at radius 3 is 2.12 bits per heavy atom. The van der Waals surface area contributed by atoms with Gasteiger partial charge in [0.25, 0.3) is 0 Å². The zero-order valence-corrected chi connectivity index (χ0v) is 8.62. The Labute approximate surface area is 95.4 Å². The number of hydrogen-bond donors (Lipinski definition) is 1. The third-order valence-corrected chi connectivity index (χ3v) is 1.76. The fourth-order valence-corrected chi connectivity index (χ4v) is 1.18. The highest BCUT2D eigenvalue weighted by molar-refractivity contribution is 7.80. The summed E-state index contributed by atoms with van der Waals surface area (Å²) in [6.45, 7) is -1.92. The molecule has 17 heavy (non-hydrogen) atoms. The van der Waals surface area contributed by atoms with Crippen molar-refractivity contribution in [1.82, 2.24) is 15.0 Å². The van der Waals surface area contributed by atoms with Crippen molar-refractivity contribution in [1.29, 1.82) is 0 Å². The first kappa shape index (κ1) is 13.7. The SMILES string of the molecule is NC(=S)c1nnn(CC(F)(F)F)c1C(F)(F)F. The van der Waals surface area contributed by atoms with Crippen molar-refractivity contribution in [3.63, 3.8) is 0 Å². The maximum atomic E-state index is 12.5. The van der Waals surface area contributed by atoms with E-state index < -0.39 is 35.3 Å². The highest BCUT2D eigenvalue weighted by Crippen LogP contribution is 2.32. The van der Waals surface area contributed by atoms with E-state index in [9.17, 15) is 26.3 Å². The summed E-state index contributed by atoms with van der Waals surface area (Å²) in [7, 11) is 0. The summed E-state index contributed by atoms with van der Waals surface area (Å²) < 4.78 is 73.2. The van der Waals surface area contributed by atoms with Gasteiger partial charge in [-0.2, -0.15) is 26.3 Å². The van der Waals surface area contributed by atoms with E-state index in [0.717, 1.165) is 0 Å². The summed E-state index contributed by atoms with van der Waals surface area (Å²) in [4.78, 5) is -0.772. The highest BCUT2D eigenvalue weighted by Gasteiger charge is 2.42. The van der Waals surface area contributed by atoms with Crippen LogP contribution >= 0.6 is 12.2 Å². The molecule has 0 radical (unpaired) electrons. The molecule has 1 rings (SSSR count). The lowest BCUT2D eigenvalue weighted by atomic mass is 10.3. The molecule has 0 amide bonds. The van der Waals surface area contributed by atoms with Gasteiger partial charge in [-0.05, 0) is 0 Å². The lowest BCUT2D eigenvalue weighted by molar-refractivity contribution is -0.160. The average molecular weight is 278 g/mol. The zero-order valence-electron chi connectivity index (χ0n) is 7.80. The van der Waals surface area contributed by atoms with Gasteiger partial charge in [-0.3, -0.25) is 0 Å². The van der Waals surface area contributed by atoms with Crippen LogP contribution < -0.4 is 5.73 Å². The molecule has 0 aliphatic heterocycles. The maximum Gasteiger partial charge on any atom is 0.435 e. The van der Waals surface area contributed by atoms with Crippen LogP contribution in [0.15, 0.2) is 0 Å². The maximum absolute atomic E-state index is 12.5. The predicted molar refractivity (Wildman–Crippen MR) is 47.0 cm³/mol. The number of hydrogen-bond acceptors (Lipinski definition) is 3. The molecule has 96 valence electrons.